The van der Waals surface area contributed by atoms with Gasteiger partial charge in [-0.15, -0.1) is 0 Å². The maximum Gasteiger partial charge on any atom is 0.268 e. The summed E-state index contributed by atoms with van der Waals surface area (Å²) in [5.41, 5.74) is 5.81. The number of nitrogen functional groups attached to an aromatic ring is 1. The van der Waals surface area contributed by atoms with Gasteiger partial charge in [0.25, 0.3) is 5.56 Å². The third kappa shape index (κ3) is 3.73. The maximum atomic E-state index is 13.1. The van der Waals surface area contributed by atoms with E-state index in [0.717, 1.165) is 0 Å². The van der Waals surface area contributed by atoms with Crippen LogP contribution in [0.25, 0.3) is 11.1 Å². The highest BCUT2D eigenvalue weighted by Crippen LogP contribution is 2.41. The number of H-pyrrole nitrogens is 1. The number of pyridine rings is 1. The number of aromatic nitrogens is 1. The van der Waals surface area contributed by atoms with Gasteiger partial charge in [-0.3, -0.25) is 4.79 Å². The minimum absolute atomic E-state index is 0.0546. The first-order valence-corrected chi connectivity index (χ1v) is 8.40. The van der Waals surface area contributed by atoms with E-state index in [2.05, 4.69) is 4.98 Å². The van der Waals surface area contributed by atoms with Crippen LogP contribution >= 0.6 is 0 Å². The monoisotopic (exact) mass is 390 g/mol. The van der Waals surface area contributed by atoms with Crippen LogP contribution in [0.4, 0.5) is 10.2 Å². The number of methoxy groups -OCH3 is 1. The number of nitrogens with zero attached hydrogens (tertiary/aromatic N) is 2. The highest BCUT2D eigenvalue weighted by molar-refractivity contribution is 5.85. The molecular weight excluding hydrogens is 375 g/mol. The molecule has 29 heavy (non-hydrogen) atoms. The zero-order chi connectivity index (χ0) is 21.0. The summed E-state index contributed by atoms with van der Waals surface area (Å²) < 4.78 is 24.4. The lowest BCUT2D eigenvalue weighted by atomic mass is 9.95. The van der Waals surface area contributed by atoms with E-state index in [-0.39, 0.29) is 40.7 Å². The molecule has 1 aromatic heterocycles. The summed E-state index contributed by atoms with van der Waals surface area (Å²) in [5, 5.41) is 19.0. The van der Waals surface area contributed by atoms with Crippen molar-refractivity contribution in [1.82, 2.24) is 4.98 Å². The van der Waals surface area contributed by atoms with Gasteiger partial charge in [0.2, 0.25) is 0 Å². The lowest BCUT2D eigenvalue weighted by Gasteiger charge is -2.17. The number of aromatic amines is 1. The Morgan fingerprint density at radius 3 is 2.41 bits per heavy atom. The molecule has 0 radical (unpaired) electrons. The van der Waals surface area contributed by atoms with Crippen molar-refractivity contribution in [2.24, 2.45) is 0 Å². The summed E-state index contributed by atoms with van der Waals surface area (Å²) in [6.07, 6.45) is 0. The smallest absolute Gasteiger partial charge is 0.268 e. The third-order valence-electron chi connectivity index (χ3n) is 4.23. The van der Waals surface area contributed by atoms with E-state index in [1.807, 2.05) is 12.1 Å². The second-order valence-corrected chi connectivity index (χ2v) is 5.97. The van der Waals surface area contributed by atoms with Crippen molar-refractivity contribution in [2.75, 3.05) is 12.8 Å². The zero-order valence-electron chi connectivity index (χ0n) is 15.3. The van der Waals surface area contributed by atoms with Crippen LogP contribution in [-0.2, 0) is 6.61 Å². The van der Waals surface area contributed by atoms with Crippen LogP contribution in [0.2, 0.25) is 0 Å². The summed E-state index contributed by atoms with van der Waals surface area (Å²) >= 11 is 0. The van der Waals surface area contributed by atoms with E-state index < -0.39 is 5.56 Å². The van der Waals surface area contributed by atoms with Crippen molar-refractivity contribution >= 4 is 5.82 Å². The number of hydrogen-bond acceptors (Lipinski definition) is 6. The number of para-hydroxylation sites is 1. The minimum Gasteiger partial charge on any atom is -0.493 e. The van der Waals surface area contributed by atoms with Gasteiger partial charge >= 0.3 is 0 Å². The van der Waals surface area contributed by atoms with Crippen LogP contribution < -0.4 is 20.8 Å². The molecule has 2 aromatic carbocycles. The second-order valence-electron chi connectivity index (χ2n) is 5.97. The van der Waals surface area contributed by atoms with Gasteiger partial charge in [0.1, 0.15) is 41.5 Å². The van der Waals surface area contributed by atoms with Gasteiger partial charge in [-0.2, -0.15) is 10.5 Å². The molecule has 0 aliphatic heterocycles. The van der Waals surface area contributed by atoms with E-state index in [0.29, 0.717) is 16.9 Å². The first-order valence-electron chi connectivity index (χ1n) is 8.40. The predicted octanol–water partition coefficient (Wildman–Crippen LogP) is 3.09. The van der Waals surface area contributed by atoms with E-state index in [4.69, 9.17) is 15.2 Å². The molecule has 144 valence electrons. The fourth-order valence-corrected chi connectivity index (χ4v) is 2.87. The summed E-state index contributed by atoms with van der Waals surface area (Å²) in [6, 6.07) is 14.4. The molecule has 0 saturated carbocycles. The molecule has 7 nitrogen and oxygen atoms in total. The van der Waals surface area contributed by atoms with Gasteiger partial charge in [-0.25, -0.2) is 4.39 Å². The largest absolute Gasteiger partial charge is 0.493 e. The van der Waals surface area contributed by atoms with Crippen LogP contribution in [0.3, 0.4) is 0 Å². The minimum atomic E-state index is -0.716. The third-order valence-corrected chi connectivity index (χ3v) is 4.23. The van der Waals surface area contributed by atoms with Crippen LogP contribution in [0.5, 0.6) is 11.5 Å². The molecule has 3 N–H and O–H groups in total. The number of halogens is 1. The summed E-state index contributed by atoms with van der Waals surface area (Å²) in [6.45, 7) is 0.0656. The average Bonchev–Trinajstić information content (AvgIpc) is 2.72. The lowest BCUT2D eigenvalue weighted by Crippen LogP contribution is -2.16. The first kappa shape index (κ1) is 19.5. The number of ether oxygens (including phenoxy) is 2. The van der Waals surface area contributed by atoms with E-state index >= 15 is 0 Å². The van der Waals surface area contributed by atoms with Gasteiger partial charge in [0.15, 0.2) is 11.5 Å². The van der Waals surface area contributed by atoms with Gasteiger partial charge in [-0.1, -0.05) is 24.3 Å². The molecule has 0 saturated heterocycles. The van der Waals surface area contributed by atoms with Gasteiger partial charge < -0.3 is 20.2 Å². The molecule has 0 fully saturated rings. The molecule has 0 spiro atoms. The van der Waals surface area contributed by atoms with Crippen molar-refractivity contribution in [3.05, 3.63) is 75.3 Å². The van der Waals surface area contributed by atoms with Crippen molar-refractivity contribution in [3.8, 4) is 34.8 Å². The highest BCUT2D eigenvalue weighted by atomic mass is 19.1. The number of anilines is 1. The molecule has 3 rings (SSSR count). The number of hydrogen-bond donors (Lipinski definition) is 2. The normalized spacial score (nSPS) is 10.1. The molecule has 0 atom stereocenters. The molecule has 8 heteroatoms. The molecule has 0 bridgehead atoms. The summed E-state index contributed by atoms with van der Waals surface area (Å²) in [5.74, 6) is 0.0235. The number of nitriles is 2. The quantitative estimate of drug-likeness (QED) is 0.690. The topological polar surface area (TPSA) is 125 Å². The van der Waals surface area contributed by atoms with Crippen LogP contribution in [0.15, 0.2) is 47.3 Å². The maximum absolute atomic E-state index is 13.1. The van der Waals surface area contributed by atoms with Gasteiger partial charge in [-0.05, 0) is 23.8 Å². The van der Waals surface area contributed by atoms with E-state index in [1.165, 1.54) is 19.2 Å². The predicted molar refractivity (Wildman–Crippen MR) is 104 cm³/mol. The number of benzene rings is 2. The van der Waals surface area contributed by atoms with Crippen LogP contribution in [-0.4, -0.2) is 12.1 Å². The lowest BCUT2D eigenvalue weighted by molar-refractivity contribution is 0.285. The fourth-order valence-electron chi connectivity index (χ4n) is 2.87. The zero-order valence-corrected chi connectivity index (χ0v) is 15.3. The number of nitrogens with two attached hydrogens (primary N) is 1. The molecule has 0 unspecified atom stereocenters. The average molecular weight is 390 g/mol. The molecule has 0 aliphatic rings. The number of rotatable bonds is 5. The van der Waals surface area contributed by atoms with Crippen LogP contribution in [0.1, 0.15) is 16.7 Å². The van der Waals surface area contributed by atoms with Crippen molar-refractivity contribution in [2.45, 2.75) is 6.61 Å². The Labute approximate surface area is 165 Å². The van der Waals surface area contributed by atoms with E-state index in [1.54, 1.807) is 30.3 Å². The summed E-state index contributed by atoms with van der Waals surface area (Å²) in [4.78, 5) is 14.5. The Morgan fingerprint density at radius 2 is 1.79 bits per heavy atom. The SMILES string of the molecule is COc1cccc(-c2c(C#N)c(N)[nH]c(=O)c2C#N)c1OCc1ccc(F)cc1. The van der Waals surface area contributed by atoms with Crippen molar-refractivity contribution < 1.29 is 13.9 Å². The Bertz CT molecular complexity index is 1200. The van der Waals surface area contributed by atoms with Gasteiger partial charge in [0, 0.05) is 11.1 Å². The first-order chi connectivity index (χ1) is 14.0. The standard InChI is InChI=1S/C21H15FN4O3/c1-28-17-4-2-3-14(19(17)29-11-12-5-7-13(22)8-6-12)18-15(9-23)20(25)26-21(27)16(18)10-24/h2-8H,11H2,1H3,(H3,25,26,27). The molecular formula is C21H15FN4O3. The molecule has 0 aliphatic carbocycles. The van der Waals surface area contributed by atoms with E-state index in [9.17, 15) is 19.7 Å². The fraction of sp³-hybridized carbons (Fsp3) is 0.0952. The summed E-state index contributed by atoms with van der Waals surface area (Å²) in [7, 11) is 1.44. The molecule has 1 heterocycles. The highest BCUT2D eigenvalue weighted by Gasteiger charge is 2.23. The Morgan fingerprint density at radius 1 is 1.10 bits per heavy atom. The van der Waals surface area contributed by atoms with Gasteiger partial charge in [0.05, 0.1) is 7.11 Å². The van der Waals surface area contributed by atoms with Crippen LogP contribution in [0, 0.1) is 28.5 Å². The van der Waals surface area contributed by atoms with Crippen molar-refractivity contribution in [1.29, 1.82) is 10.5 Å². The molecule has 0 amide bonds. The number of nitrogens with one attached hydrogen (secondary N) is 1. The molecule has 3 aromatic rings. The Hall–Kier alpha value is -4.30. The Kier molecular flexibility index (Phi) is 5.47. The van der Waals surface area contributed by atoms with Crippen molar-refractivity contribution in [3.63, 3.8) is 0 Å². The second kappa shape index (κ2) is 8.15. The Balaban J connectivity index is 2.19.